The van der Waals surface area contributed by atoms with Crippen LogP contribution < -0.4 is 10.2 Å². The molecule has 0 spiro atoms. The van der Waals surface area contributed by atoms with Crippen LogP contribution in [0.4, 0.5) is 11.4 Å². The smallest absolute Gasteiger partial charge is 0.238 e. The summed E-state index contributed by atoms with van der Waals surface area (Å²) in [6.45, 7) is 4.61. The van der Waals surface area contributed by atoms with Crippen molar-refractivity contribution in [3.05, 3.63) is 82.0 Å². The molecule has 1 fully saturated rings. The van der Waals surface area contributed by atoms with Gasteiger partial charge in [-0.1, -0.05) is 30.3 Å². The maximum Gasteiger partial charge on any atom is 0.238 e. The number of thiophene rings is 1. The number of morpholine rings is 1. The number of hydrogen-bond donors (Lipinski definition) is 1. The highest BCUT2D eigenvalue weighted by Crippen LogP contribution is 2.37. The van der Waals surface area contributed by atoms with E-state index in [-0.39, 0.29) is 11.9 Å². The number of ether oxygens (including phenoxy) is 1. The van der Waals surface area contributed by atoms with Crippen LogP contribution >= 0.6 is 11.3 Å². The van der Waals surface area contributed by atoms with Crippen LogP contribution in [0, 0.1) is 0 Å². The molecule has 0 saturated carbocycles. The summed E-state index contributed by atoms with van der Waals surface area (Å²) in [5.41, 5.74) is 4.59. The highest BCUT2D eigenvalue weighted by atomic mass is 32.1. The van der Waals surface area contributed by atoms with E-state index in [1.807, 2.05) is 29.5 Å². The van der Waals surface area contributed by atoms with Crippen molar-refractivity contribution >= 4 is 28.6 Å². The van der Waals surface area contributed by atoms with Gasteiger partial charge in [0.05, 0.1) is 25.8 Å². The van der Waals surface area contributed by atoms with Gasteiger partial charge < -0.3 is 15.0 Å². The second-order valence-corrected chi connectivity index (χ2v) is 9.03. The van der Waals surface area contributed by atoms with Gasteiger partial charge in [0.2, 0.25) is 5.91 Å². The first kappa shape index (κ1) is 20.2. The molecule has 2 aliphatic rings. The van der Waals surface area contributed by atoms with E-state index in [0.29, 0.717) is 6.54 Å². The molecule has 0 radical (unpaired) electrons. The van der Waals surface area contributed by atoms with E-state index in [4.69, 9.17) is 4.74 Å². The summed E-state index contributed by atoms with van der Waals surface area (Å²) in [5.74, 6) is 0.0266. The highest BCUT2D eigenvalue weighted by molar-refractivity contribution is 7.10. The third-order valence-electron chi connectivity index (χ3n) is 6.05. The van der Waals surface area contributed by atoms with Gasteiger partial charge in [-0.2, -0.15) is 0 Å². The predicted octanol–water partition coefficient (Wildman–Crippen LogP) is 4.17. The molecule has 5 nitrogen and oxygen atoms in total. The summed E-state index contributed by atoms with van der Waals surface area (Å²) in [4.78, 5) is 19.0. The number of anilines is 2. The average molecular weight is 434 g/mol. The Labute approximate surface area is 187 Å². The number of nitrogens with one attached hydrogen (secondary N) is 1. The molecule has 2 aromatic carbocycles. The minimum atomic E-state index is 0.0266. The van der Waals surface area contributed by atoms with Crippen molar-refractivity contribution in [2.75, 3.05) is 49.6 Å². The third kappa shape index (κ3) is 4.51. The molecule has 31 heavy (non-hydrogen) atoms. The Morgan fingerprint density at radius 2 is 1.77 bits per heavy atom. The van der Waals surface area contributed by atoms with Crippen molar-refractivity contribution in [2.24, 2.45) is 0 Å². The van der Waals surface area contributed by atoms with Gasteiger partial charge in [-0.25, -0.2) is 0 Å². The Kier molecular flexibility index (Phi) is 6.02. The normalized spacial score (nSPS) is 19.1. The molecule has 3 aromatic rings. The van der Waals surface area contributed by atoms with Crippen molar-refractivity contribution in [1.82, 2.24) is 4.90 Å². The van der Waals surface area contributed by atoms with E-state index in [9.17, 15) is 4.79 Å². The summed E-state index contributed by atoms with van der Waals surface area (Å²) in [5, 5.41) is 5.25. The van der Waals surface area contributed by atoms with Crippen molar-refractivity contribution < 1.29 is 9.53 Å². The van der Waals surface area contributed by atoms with Crippen molar-refractivity contribution in [3.8, 4) is 0 Å². The molecule has 1 N–H and O–H groups in total. The largest absolute Gasteiger partial charge is 0.378 e. The van der Waals surface area contributed by atoms with E-state index in [2.05, 4.69) is 63.0 Å². The fourth-order valence-corrected chi connectivity index (χ4v) is 5.43. The van der Waals surface area contributed by atoms with Crippen LogP contribution in [0.3, 0.4) is 0 Å². The summed E-state index contributed by atoms with van der Waals surface area (Å²) >= 11 is 1.82. The third-order valence-corrected chi connectivity index (χ3v) is 7.05. The molecular weight excluding hydrogens is 406 g/mol. The van der Waals surface area contributed by atoms with E-state index < -0.39 is 0 Å². The molecule has 3 heterocycles. The summed E-state index contributed by atoms with van der Waals surface area (Å²) < 4.78 is 5.42. The first-order chi connectivity index (χ1) is 15.3. The fraction of sp³-hybridized carbons (Fsp3) is 0.320. The number of nitrogens with zero attached hydrogens (tertiary/aromatic N) is 2. The number of benzene rings is 2. The molecule has 1 amide bonds. The van der Waals surface area contributed by atoms with Crippen LogP contribution in [0.15, 0.2) is 66.0 Å². The zero-order chi connectivity index (χ0) is 21.0. The highest BCUT2D eigenvalue weighted by Gasteiger charge is 2.30. The van der Waals surface area contributed by atoms with Gasteiger partial charge in [0.15, 0.2) is 0 Å². The molecule has 1 saturated heterocycles. The van der Waals surface area contributed by atoms with Gasteiger partial charge in [-0.3, -0.25) is 9.69 Å². The first-order valence-electron chi connectivity index (χ1n) is 10.9. The van der Waals surface area contributed by atoms with E-state index in [1.54, 1.807) is 0 Å². The second-order valence-electron chi connectivity index (χ2n) is 8.03. The zero-order valence-electron chi connectivity index (χ0n) is 17.5. The van der Waals surface area contributed by atoms with Gasteiger partial charge in [0, 0.05) is 35.9 Å². The topological polar surface area (TPSA) is 44.8 Å². The van der Waals surface area contributed by atoms with Gasteiger partial charge >= 0.3 is 0 Å². The van der Waals surface area contributed by atoms with Crippen LogP contribution in [0.25, 0.3) is 0 Å². The number of carbonyl (C=O) groups is 1. The number of hydrogen-bond acceptors (Lipinski definition) is 5. The molecule has 2 aliphatic heterocycles. The Hall–Kier alpha value is -2.67. The lowest BCUT2D eigenvalue weighted by atomic mass is 9.93. The van der Waals surface area contributed by atoms with Gasteiger partial charge in [-0.05, 0) is 53.3 Å². The molecule has 160 valence electrons. The molecular formula is C25H27N3O2S. The minimum absolute atomic E-state index is 0.0266. The number of fused-ring (bicyclic) bond motifs is 1. The van der Waals surface area contributed by atoms with Crippen LogP contribution in [-0.4, -0.2) is 50.2 Å². The van der Waals surface area contributed by atoms with Crippen LogP contribution in [0.5, 0.6) is 0 Å². The Morgan fingerprint density at radius 1 is 1.00 bits per heavy atom. The van der Waals surface area contributed by atoms with Crippen LogP contribution in [0.1, 0.15) is 22.0 Å². The molecule has 0 bridgehead atoms. The van der Waals surface area contributed by atoms with Crippen molar-refractivity contribution in [3.63, 3.8) is 0 Å². The monoisotopic (exact) mass is 433 g/mol. The second kappa shape index (κ2) is 9.22. The SMILES string of the molecule is O=C(CN1CCc2sccc2[C@@H]1c1ccccc1)Nc1ccc(N2CCOCC2)cc1. The molecule has 1 atom stereocenters. The molecule has 5 rings (SSSR count). The Morgan fingerprint density at radius 3 is 2.55 bits per heavy atom. The summed E-state index contributed by atoms with van der Waals surface area (Å²) in [6.07, 6.45) is 0.998. The van der Waals surface area contributed by atoms with Gasteiger partial charge in [-0.15, -0.1) is 11.3 Å². The number of carbonyl (C=O) groups excluding carboxylic acids is 1. The van der Waals surface area contributed by atoms with E-state index in [1.165, 1.54) is 21.7 Å². The lowest BCUT2D eigenvalue weighted by Crippen LogP contribution is -2.40. The van der Waals surface area contributed by atoms with Crippen molar-refractivity contribution in [2.45, 2.75) is 12.5 Å². The fourth-order valence-electron chi connectivity index (χ4n) is 4.53. The van der Waals surface area contributed by atoms with Crippen LogP contribution in [-0.2, 0) is 16.0 Å². The maximum absolute atomic E-state index is 12.9. The minimum Gasteiger partial charge on any atom is -0.378 e. The molecule has 0 aliphatic carbocycles. The maximum atomic E-state index is 12.9. The lowest BCUT2D eigenvalue weighted by Gasteiger charge is -2.35. The van der Waals surface area contributed by atoms with Gasteiger partial charge in [0.1, 0.15) is 0 Å². The molecule has 6 heteroatoms. The average Bonchev–Trinajstić information content (AvgIpc) is 3.29. The lowest BCUT2D eigenvalue weighted by molar-refractivity contribution is -0.117. The van der Waals surface area contributed by atoms with E-state index >= 15 is 0 Å². The Bertz CT molecular complexity index is 1010. The number of rotatable bonds is 5. The van der Waals surface area contributed by atoms with Crippen LogP contribution in [0.2, 0.25) is 0 Å². The van der Waals surface area contributed by atoms with Crippen molar-refractivity contribution in [1.29, 1.82) is 0 Å². The van der Waals surface area contributed by atoms with E-state index in [0.717, 1.165) is 45.0 Å². The first-order valence-corrected chi connectivity index (χ1v) is 11.7. The van der Waals surface area contributed by atoms with Gasteiger partial charge in [0.25, 0.3) is 0 Å². The number of amides is 1. The molecule has 0 unspecified atom stereocenters. The predicted molar refractivity (Wildman–Crippen MR) is 126 cm³/mol. The standard InChI is InChI=1S/C25H27N3O2S/c29-24(26-20-6-8-21(9-7-20)27-13-15-30-16-14-27)18-28-12-10-23-22(11-17-31-23)25(28)19-4-2-1-3-5-19/h1-9,11,17,25H,10,12-16,18H2,(H,26,29)/t25-/m0/s1. The Balaban J connectivity index is 1.27. The summed E-state index contributed by atoms with van der Waals surface area (Å²) in [7, 11) is 0. The zero-order valence-corrected chi connectivity index (χ0v) is 18.3. The molecule has 1 aromatic heterocycles. The summed E-state index contributed by atoms with van der Waals surface area (Å²) in [6, 6.07) is 21.0. The quantitative estimate of drug-likeness (QED) is 0.656.